The van der Waals surface area contributed by atoms with Crippen LogP contribution in [0, 0.1) is 0 Å². The maximum atomic E-state index is 13.1. The normalized spacial score (nSPS) is 16.2. The lowest BCUT2D eigenvalue weighted by molar-refractivity contribution is -0.137. The molecule has 0 aromatic heterocycles. The molecule has 1 aliphatic rings. The molecule has 134 valence electrons. The van der Waals surface area contributed by atoms with Crippen molar-refractivity contribution in [2.24, 2.45) is 4.99 Å². The molecule has 1 aliphatic heterocycles. The van der Waals surface area contributed by atoms with Gasteiger partial charge in [0.05, 0.1) is 12.1 Å². The molecule has 1 atom stereocenters. The summed E-state index contributed by atoms with van der Waals surface area (Å²) in [5.74, 6) is -0.584. The van der Waals surface area contributed by atoms with Gasteiger partial charge in [0.25, 0.3) is 0 Å². The van der Waals surface area contributed by atoms with E-state index >= 15 is 0 Å². The third kappa shape index (κ3) is 3.96. The van der Waals surface area contributed by atoms with Crippen LogP contribution in [0.3, 0.4) is 0 Å². The van der Waals surface area contributed by atoms with Crippen LogP contribution in [-0.2, 0) is 22.4 Å². The number of amides is 1. The summed E-state index contributed by atoms with van der Waals surface area (Å²) in [6.45, 7) is 0. The minimum atomic E-state index is -1.04. The highest BCUT2D eigenvalue weighted by Gasteiger charge is 2.29. The van der Waals surface area contributed by atoms with E-state index in [1.807, 2.05) is 54.6 Å². The maximum absolute atomic E-state index is 13.1. The summed E-state index contributed by atoms with van der Waals surface area (Å²) in [7, 11) is 0. The van der Waals surface area contributed by atoms with E-state index in [2.05, 4.69) is 17.6 Å². The number of carbonyl (C=O) groups excluding carboxylic acids is 1. The number of benzene rings is 2. The van der Waals surface area contributed by atoms with Crippen molar-refractivity contribution in [1.82, 2.24) is 0 Å². The zero-order valence-corrected chi connectivity index (χ0v) is 15.1. The van der Waals surface area contributed by atoms with Gasteiger partial charge in [-0.2, -0.15) is 12.6 Å². The molecule has 1 N–H and O–H groups in total. The first kappa shape index (κ1) is 18.2. The van der Waals surface area contributed by atoms with Crippen LogP contribution in [0.5, 0.6) is 0 Å². The first-order valence-electron chi connectivity index (χ1n) is 8.45. The van der Waals surface area contributed by atoms with Crippen molar-refractivity contribution in [3.05, 3.63) is 65.7 Å². The number of carboxylic acid groups (broad SMARTS) is 1. The van der Waals surface area contributed by atoms with Crippen molar-refractivity contribution < 1.29 is 14.7 Å². The molecule has 0 unspecified atom stereocenters. The van der Waals surface area contributed by atoms with Gasteiger partial charge in [-0.05, 0) is 23.6 Å². The fourth-order valence-corrected chi connectivity index (χ4v) is 3.28. The summed E-state index contributed by atoms with van der Waals surface area (Å²) in [5, 5.41) is 9.30. The summed E-state index contributed by atoms with van der Waals surface area (Å²) < 4.78 is 0. The molecule has 6 heteroatoms. The number of aryl methyl sites for hydroxylation is 1. The molecule has 0 spiro atoms. The Morgan fingerprint density at radius 1 is 1.08 bits per heavy atom. The number of fused-ring (bicyclic) bond motifs is 1. The number of para-hydroxylation sites is 1. The van der Waals surface area contributed by atoms with Gasteiger partial charge >= 0.3 is 5.97 Å². The quantitative estimate of drug-likeness (QED) is 0.797. The topological polar surface area (TPSA) is 70.0 Å². The van der Waals surface area contributed by atoms with Gasteiger partial charge in [0.15, 0.2) is 6.04 Å². The van der Waals surface area contributed by atoms with Crippen molar-refractivity contribution in [2.75, 3.05) is 10.7 Å². The molecule has 0 saturated heterocycles. The molecule has 26 heavy (non-hydrogen) atoms. The first-order valence-corrected chi connectivity index (χ1v) is 9.08. The Hall–Kier alpha value is -2.60. The first-order chi connectivity index (χ1) is 12.6. The molecule has 0 bridgehead atoms. The van der Waals surface area contributed by atoms with Gasteiger partial charge in [-0.1, -0.05) is 48.5 Å². The minimum absolute atomic E-state index is 0.0845. The van der Waals surface area contributed by atoms with Gasteiger partial charge in [0, 0.05) is 12.2 Å². The Labute approximate surface area is 157 Å². The molecular formula is C20H20N2O3S. The van der Waals surface area contributed by atoms with Gasteiger partial charge in [-0.15, -0.1) is 0 Å². The molecule has 5 nitrogen and oxygen atoms in total. The predicted molar refractivity (Wildman–Crippen MR) is 105 cm³/mol. The van der Waals surface area contributed by atoms with Crippen molar-refractivity contribution in [3.8, 4) is 0 Å². The molecule has 2 aromatic rings. The number of aliphatic imine (C=N–C) groups is 1. The van der Waals surface area contributed by atoms with Crippen LogP contribution in [0.2, 0.25) is 0 Å². The van der Waals surface area contributed by atoms with Gasteiger partial charge in [-0.25, -0.2) is 4.79 Å². The van der Waals surface area contributed by atoms with Crippen LogP contribution in [0.25, 0.3) is 0 Å². The average molecular weight is 368 g/mol. The number of carboxylic acids is 1. The van der Waals surface area contributed by atoms with Gasteiger partial charge in [-0.3, -0.25) is 14.7 Å². The summed E-state index contributed by atoms with van der Waals surface area (Å²) in [4.78, 5) is 30.3. The standard InChI is InChI=1S/C20H20N2O3S/c23-19(12-14-6-2-1-3-7-14)22-17-9-5-4-8-15(17)10-11-18(22)21-16(13-26)20(24)25/h1-9,16,26H,10-13H2,(H,24,25)/t16-/m1/s1. The molecular weight excluding hydrogens is 348 g/mol. The third-order valence-corrected chi connectivity index (χ3v) is 4.66. The van der Waals surface area contributed by atoms with E-state index < -0.39 is 12.0 Å². The van der Waals surface area contributed by atoms with Crippen LogP contribution >= 0.6 is 12.6 Å². The number of nitrogens with zero attached hydrogens (tertiary/aromatic N) is 2. The smallest absolute Gasteiger partial charge is 0.329 e. The van der Waals surface area contributed by atoms with E-state index in [-0.39, 0.29) is 18.1 Å². The second kappa shape index (κ2) is 8.19. The van der Waals surface area contributed by atoms with E-state index in [4.69, 9.17) is 0 Å². The van der Waals surface area contributed by atoms with E-state index in [1.54, 1.807) is 4.90 Å². The van der Waals surface area contributed by atoms with E-state index in [1.165, 1.54) is 0 Å². The SMILES string of the molecule is O=C(O)[C@@H](CS)N=C1CCc2ccccc2N1C(=O)Cc1ccccc1. The Morgan fingerprint density at radius 2 is 1.77 bits per heavy atom. The largest absolute Gasteiger partial charge is 0.480 e. The van der Waals surface area contributed by atoms with Crippen molar-refractivity contribution >= 4 is 36.0 Å². The highest BCUT2D eigenvalue weighted by molar-refractivity contribution is 7.80. The number of hydrogen-bond donors (Lipinski definition) is 2. The maximum Gasteiger partial charge on any atom is 0.329 e. The third-order valence-electron chi connectivity index (χ3n) is 4.32. The Kier molecular flexibility index (Phi) is 5.73. The van der Waals surface area contributed by atoms with Crippen LogP contribution in [0.4, 0.5) is 5.69 Å². The number of anilines is 1. The molecule has 2 aromatic carbocycles. The second-order valence-corrected chi connectivity index (χ2v) is 6.47. The second-order valence-electron chi connectivity index (χ2n) is 6.10. The predicted octanol–water partition coefficient (Wildman–Crippen LogP) is 2.99. The number of amidine groups is 1. The Balaban J connectivity index is 1.98. The van der Waals surface area contributed by atoms with Crippen LogP contribution in [0.1, 0.15) is 17.5 Å². The molecule has 1 amide bonds. The van der Waals surface area contributed by atoms with Crippen LogP contribution < -0.4 is 4.90 Å². The number of thiol groups is 1. The van der Waals surface area contributed by atoms with E-state index in [0.29, 0.717) is 12.3 Å². The van der Waals surface area contributed by atoms with Gasteiger partial charge in [0.1, 0.15) is 5.84 Å². The zero-order chi connectivity index (χ0) is 18.5. The molecule has 0 saturated carbocycles. The molecule has 0 fully saturated rings. The van der Waals surface area contributed by atoms with Crippen molar-refractivity contribution in [3.63, 3.8) is 0 Å². The fourth-order valence-electron chi connectivity index (χ4n) is 3.04. The van der Waals surface area contributed by atoms with Crippen molar-refractivity contribution in [2.45, 2.75) is 25.3 Å². The van der Waals surface area contributed by atoms with Gasteiger partial charge in [0.2, 0.25) is 5.91 Å². The average Bonchev–Trinajstić information content (AvgIpc) is 2.66. The number of aliphatic carboxylic acids is 1. The molecule has 0 radical (unpaired) electrons. The Morgan fingerprint density at radius 3 is 2.46 bits per heavy atom. The summed E-state index contributed by atoms with van der Waals surface area (Å²) in [6.07, 6.45) is 1.48. The number of rotatable bonds is 5. The lowest BCUT2D eigenvalue weighted by Crippen LogP contribution is -2.42. The van der Waals surface area contributed by atoms with E-state index in [9.17, 15) is 14.7 Å². The van der Waals surface area contributed by atoms with Crippen LogP contribution in [0.15, 0.2) is 59.6 Å². The lowest BCUT2D eigenvalue weighted by atomic mass is 9.99. The highest BCUT2D eigenvalue weighted by atomic mass is 32.1. The molecule has 0 aliphatic carbocycles. The molecule has 1 heterocycles. The monoisotopic (exact) mass is 368 g/mol. The summed E-state index contributed by atoms with van der Waals surface area (Å²) >= 11 is 4.08. The summed E-state index contributed by atoms with van der Waals surface area (Å²) in [6, 6.07) is 16.2. The number of carbonyl (C=O) groups is 2. The van der Waals surface area contributed by atoms with Crippen molar-refractivity contribution in [1.29, 1.82) is 0 Å². The minimum Gasteiger partial charge on any atom is -0.480 e. The number of hydrogen-bond acceptors (Lipinski definition) is 4. The zero-order valence-electron chi connectivity index (χ0n) is 14.2. The molecule has 3 rings (SSSR count). The van der Waals surface area contributed by atoms with E-state index in [0.717, 1.165) is 23.2 Å². The van der Waals surface area contributed by atoms with Crippen LogP contribution in [-0.4, -0.2) is 34.6 Å². The van der Waals surface area contributed by atoms with Gasteiger partial charge < -0.3 is 5.11 Å². The fraction of sp³-hybridized carbons (Fsp3) is 0.250. The summed E-state index contributed by atoms with van der Waals surface area (Å²) in [5.41, 5.74) is 2.75. The Bertz CT molecular complexity index is 836. The lowest BCUT2D eigenvalue weighted by Gasteiger charge is -2.31. The highest BCUT2D eigenvalue weighted by Crippen LogP contribution is 2.29.